The van der Waals surface area contributed by atoms with Crippen molar-refractivity contribution >= 4 is 0 Å². The summed E-state index contributed by atoms with van der Waals surface area (Å²) in [6.07, 6.45) is 8.82. The Hall–Kier alpha value is -1.30. The van der Waals surface area contributed by atoms with Gasteiger partial charge in [0.1, 0.15) is 5.82 Å². The Balaban J connectivity index is 2.64. The molecule has 14 heavy (non-hydrogen) atoms. The van der Waals surface area contributed by atoms with Crippen molar-refractivity contribution in [1.82, 2.24) is 14.8 Å². The van der Waals surface area contributed by atoms with Crippen molar-refractivity contribution in [2.45, 2.75) is 46.1 Å². The van der Waals surface area contributed by atoms with Crippen LogP contribution in [0.3, 0.4) is 0 Å². The Bertz CT molecular complexity index is 320. The molecule has 0 amide bonds. The van der Waals surface area contributed by atoms with E-state index in [2.05, 4.69) is 29.9 Å². The largest absolute Gasteiger partial charge is 0.250 e. The molecule has 0 atom stereocenters. The van der Waals surface area contributed by atoms with E-state index >= 15 is 0 Å². The molecule has 0 spiro atoms. The number of unbranched alkanes of at least 4 members (excludes halogenated alkanes) is 1. The zero-order valence-electron chi connectivity index (χ0n) is 8.95. The van der Waals surface area contributed by atoms with Crippen LogP contribution >= 0.6 is 0 Å². The molecule has 0 N–H and O–H groups in total. The second-order valence-corrected chi connectivity index (χ2v) is 3.18. The molecule has 0 fully saturated rings. The first-order valence-corrected chi connectivity index (χ1v) is 5.17. The minimum Gasteiger partial charge on any atom is -0.250 e. The van der Waals surface area contributed by atoms with Crippen molar-refractivity contribution in [3.8, 4) is 12.3 Å². The summed E-state index contributed by atoms with van der Waals surface area (Å²) < 4.78 is 1.98. The van der Waals surface area contributed by atoms with Gasteiger partial charge in [0.05, 0.1) is 0 Å². The first-order valence-electron chi connectivity index (χ1n) is 5.17. The van der Waals surface area contributed by atoms with E-state index in [4.69, 9.17) is 6.42 Å². The predicted molar refractivity (Wildman–Crippen MR) is 56.8 cm³/mol. The first kappa shape index (κ1) is 10.8. The molecule has 0 radical (unpaired) electrons. The zero-order valence-corrected chi connectivity index (χ0v) is 8.95. The van der Waals surface area contributed by atoms with Crippen LogP contribution in [-0.4, -0.2) is 14.8 Å². The average Bonchev–Trinajstić information content (AvgIpc) is 2.61. The third-order valence-corrected chi connectivity index (χ3v) is 2.12. The lowest BCUT2D eigenvalue weighted by atomic mass is 10.3. The summed E-state index contributed by atoms with van der Waals surface area (Å²) in [4.78, 5) is 4.43. The first-order chi connectivity index (χ1) is 6.81. The van der Waals surface area contributed by atoms with E-state index < -0.39 is 0 Å². The van der Waals surface area contributed by atoms with Gasteiger partial charge in [-0.3, -0.25) is 0 Å². The number of hydrogen-bond acceptors (Lipinski definition) is 2. The topological polar surface area (TPSA) is 30.7 Å². The lowest BCUT2D eigenvalue weighted by Crippen LogP contribution is -2.04. The smallest absolute Gasteiger partial charge is 0.150 e. The van der Waals surface area contributed by atoms with Gasteiger partial charge in [-0.15, -0.1) is 12.3 Å². The van der Waals surface area contributed by atoms with Gasteiger partial charge in [0.25, 0.3) is 0 Å². The van der Waals surface area contributed by atoms with Crippen molar-refractivity contribution in [2.75, 3.05) is 0 Å². The van der Waals surface area contributed by atoms with E-state index in [1.54, 1.807) is 0 Å². The summed E-state index contributed by atoms with van der Waals surface area (Å²) in [5, 5.41) is 4.41. The molecule has 0 saturated heterocycles. The molecular formula is C11H17N3. The molecule has 1 rings (SSSR count). The summed E-state index contributed by atoms with van der Waals surface area (Å²) >= 11 is 0. The maximum atomic E-state index is 5.20. The van der Waals surface area contributed by atoms with Gasteiger partial charge in [-0.25, -0.2) is 9.67 Å². The molecule has 0 aliphatic carbocycles. The van der Waals surface area contributed by atoms with E-state index in [0.717, 1.165) is 43.9 Å². The van der Waals surface area contributed by atoms with Crippen LogP contribution in [0.2, 0.25) is 0 Å². The molecule has 0 aliphatic rings. The molecule has 3 heteroatoms. The Morgan fingerprint density at radius 1 is 1.36 bits per heavy atom. The quantitative estimate of drug-likeness (QED) is 0.525. The third-order valence-electron chi connectivity index (χ3n) is 2.12. The Labute approximate surface area is 85.5 Å². The van der Waals surface area contributed by atoms with Gasteiger partial charge < -0.3 is 0 Å². The fourth-order valence-electron chi connectivity index (χ4n) is 1.35. The number of aromatic nitrogens is 3. The summed E-state index contributed by atoms with van der Waals surface area (Å²) in [6.45, 7) is 5.06. The van der Waals surface area contributed by atoms with Crippen LogP contribution < -0.4 is 0 Å². The second-order valence-electron chi connectivity index (χ2n) is 3.18. The molecule has 1 aromatic rings. The maximum Gasteiger partial charge on any atom is 0.150 e. The Morgan fingerprint density at radius 3 is 2.71 bits per heavy atom. The minimum absolute atomic E-state index is 0.810. The van der Waals surface area contributed by atoms with E-state index in [-0.39, 0.29) is 0 Å². The molecule has 0 unspecified atom stereocenters. The van der Waals surface area contributed by atoms with Gasteiger partial charge >= 0.3 is 0 Å². The van der Waals surface area contributed by atoms with Crippen molar-refractivity contribution < 1.29 is 0 Å². The van der Waals surface area contributed by atoms with E-state index in [1.807, 2.05) is 4.68 Å². The molecular weight excluding hydrogens is 174 g/mol. The number of terminal acetylenes is 1. The van der Waals surface area contributed by atoms with Gasteiger partial charge in [-0.2, -0.15) is 5.10 Å². The molecule has 0 saturated carbocycles. The normalized spacial score (nSPS) is 10.1. The Morgan fingerprint density at radius 2 is 2.14 bits per heavy atom. The van der Waals surface area contributed by atoms with Crippen LogP contribution in [0, 0.1) is 12.3 Å². The molecule has 0 aliphatic heterocycles. The molecule has 76 valence electrons. The van der Waals surface area contributed by atoms with E-state index in [1.165, 1.54) is 0 Å². The highest BCUT2D eigenvalue weighted by Gasteiger charge is 2.05. The molecule has 0 aromatic carbocycles. The predicted octanol–water partition coefficient (Wildman–Crippen LogP) is 1.82. The summed E-state index contributed by atoms with van der Waals surface area (Å²) in [5.41, 5.74) is 0. The average molecular weight is 191 g/mol. The van der Waals surface area contributed by atoms with Crippen LogP contribution in [0.4, 0.5) is 0 Å². The monoisotopic (exact) mass is 191 g/mol. The van der Waals surface area contributed by atoms with Gasteiger partial charge in [0, 0.05) is 25.8 Å². The fourth-order valence-corrected chi connectivity index (χ4v) is 1.35. The Kier molecular flexibility index (Phi) is 4.18. The minimum atomic E-state index is 0.810. The van der Waals surface area contributed by atoms with Crippen LogP contribution in [-0.2, 0) is 19.4 Å². The third kappa shape index (κ3) is 2.59. The van der Waals surface area contributed by atoms with E-state index in [0.29, 0.717) is 0 Å². The van der Waals surface area contributed by atoms with Gasteiger partial charge in [0.2, 0.25) is 0 Å². The summed E-state index contributed by atoms with van der Waals surface area (Å²) in [7, 11) is 0. The van der Waals surface area contributed by atoms with E-state index in [9.17, 15) is 0 Å². The highest BCUT2D eigenvalue weighted by Crippen LogP contribution is 2.02. The highest BCUT2D eigenvalue weighted by molar-refractivity contribution is 4.93. The van der Waals surface area contributed by atoms with Crippen LogP contribution in [0.1, 0.15) is 38.3 Å². The number of rotatable bonds is 5. The number of hydrogen-bond donors (Lipinski definition) is 0. The van der Waals surface area contributed by atoms with Gasteiger partial charge in [0.15, 0.2) is 5.82 Å². The molecule has 1 aromatic heterocycles. The van der Waals surface area contributed by atoms with Crippen LogP contribution in [0.5, 0.6) is 0 Å². The molecule has 3 nitrogen and oxygen atoms in total. The zero-order chi connectivity index (χ0) is 10.4. The van der Waals surface area contributed by atoms with Gasteiger partial charge in [-0.1, -0.05) is 13.8 Å². The van der Waals surface area contributed by atoms with Crippen molar-refractivity contribution in [1.29, 1.82) is 0 Å². The second kappa shape index (κ2) is 5.43. The van der Waals surface area contributed by atoms with Crippen LogP contribution in [0.15, 0.2) is 0 Å². The molecule has 0 bridgehead atoms. The SMILES string of the molecule is C#CCCCn1nc(CC)nc1CC. The standard InChI is InChI=1S/C11H17N3/c1-4-7-8-9-14-11(6-3)12-10(5-2)13-14/h1H,5-9H2,2-3H3. The summed E-state index contributed by atoms with van der Waals surface area (Å²) in [6, 6.07) is 0. The lowest BCUT2D eigenvalue weighted by molar-refractivity contribution is 0.556. The lowest BCUT2D eigenvalue weighted by Gasteiger charge is -2.01. The van der Waals surface area contributed by atoms with Crippen molar-refractivity contribution in [2.24, 2.45) is 0 Å². The number of nitrogens with zero attached hydrogens (tertiary/aromatic N) is 3. The summed E-state index contributed by atoms with van der Waals surface area (Å²) in [5.74, 6) is 4.64. The fraction of sp³-hybridized carbons (Fsp3) is 0.636. The highest BCUT2D eigenvalue weighted by atomic mass is 15.3. The molecule has 1 heterocycles. The van der Waals surface area contributed by atoms with Gasteiger partial charge in [-0.05, 0) is 6.42 Å². The maximum absolute atomic E-state index is 5.20. The van der Waals surface area contributed by atoms with Crippen LogP contribution in [0.25, 0.3) is 0 Å². The van der Waals surface area contributed by atoms with Crippen molar-refractivity contribution in [3.63, 3.8) is 0 Å². The van der Waals surface area contributed by atoms with Crippen molar-refractivity contribution in [3.05, 3.63) is 11.6 Å². The number of aryl methyl sites for hydroxylation is 3.